The van der Waals surface area contributed by atoms with Gasteiger partial charge in [0.25, 0.3) is 5.91 Å². The smallest absolute Gasteiger partial charge is 0.389 e. The van der Waals surface area contributed by atoms with E-state index in [1.807, 2.05) is 0 Å². The van der Waals surface area contributed by atoms with E-state index in [9.17, 15) is 18.4 Å². The minimum Gasteiger partial charge on any atom is -0.389 e. The summed E-state index contributed by atoms with van der Waals surface area (Å²) in [4.78, 5) is 28.9. The van der Waals surface area contributed by atoms with Crippen molar-refractivity contribution in [3.05, 3.63) is 41.4 Å². The number of aromatic nitrogens is 2. The van der Waals surface area contributed by atoms with Crippen LogP contribution in [-0.2, 0) is 0 Å². The Morgan fingerprint density at radius 3 is 2.83 bits per heavy atom. The molecule has 1 saturated heterocycles. The van der Waals surface area contributed by atoms with Gasteiger partial charge in [-0.1, -0.05) is 0 Å². The molecule has 0 radical (unpaired) electrons. The molecule has 1 aromatic heterocycles. The molecule has 7 nitrogen and oxygen atoms in total. The Labute approximate surface area is 128 Å². The van der Waals surface area contributed by atoms with Gasteiger partial charge in [0.1, 0.15) is 17.6 Å². The molecular formula is C14H10F2N4O3. The van der Waals surface area contributed by atoms with E-state index in [0.717, 1.165) is 6.07 Å². The van der Waals surface area contributed by atoms with Crippen molar-refractivity contribution in [3.63, 3.8) is 0 Å². The average molecular weight is 320 g/mol. The number of hydrogen-bond donors (Lipinski definition) is 1. The van der Waals surface area contributed by atoms with Gasteiger partial charge in [-0.25, -0.2) is 18.6 Å². The Morgan fingerprint density at radius 1 is 1.39 bits per heavy atom. The predicted molar refractivity (Wildman–Crippen MR) is 72.1 cm³/mol. The summed E-state index contributed by atoms with van der Waals surface area (Å²) in [5, 5.41) is 0. The molecule has 9 heteroatoms. The van der Waals surface area contributed by atoms with Gasteiger partial charge in [-0.3, -0.25) is 9.36 Å². The van der Waals surface area contributed by atoms with Crippen molar-refractivity contribution in [1.82, 2.24) is 14.5 Å². The van der Waals surface area contributed by atoms with Crippen LogP contribution in [0.1, 0.15) is 28.5 Å². The lowest BCUT2D eigenvalue weighted by molar-refractivity contribution is 0.0451. The van der Waals surface area contributed by atoms with Crippen LogP contribution in [-0.4, -0.2) is 33.0 Å². The molecule has 0 saturated carbocycles. The van der Waals surface area contributed by atoms with Crippen LogP contribution in [0.15, 0.2) is 18.5 Å². The number of carbonyl (C=O) groups excluding carboxylic acids is 2. The Balaban J connectivity index is 2.00. The first-order valence-corrected chi connectivity index (χ1v) is 6.83. The minimum atomic E-state index is -1.21. The van der Waals surface area contributed by atoms with Crippen LogP contribution in [0.5, 0.6) is 5.88 Å². The molecule has 2 aromatic rings. The highest BCUT2D eigenvalue weighted by Gasteiger charge is 2.43. The number of rotatable bonds is 1. The number of fused-ring (bicyclic) bond motifs is 5. The van der Waals surface area contributed by atoms with Crippen LogP contribution in [0.25, 0.3) is 5.69 Å². The first-order valence-electron chi connectivity index (χ1n) is 6.83. The zero-order valence-electron chi connectivity index (χ0n) is 11.6. The summed E-state index contributed by atoms with van der Waals surface area (Å²) in [7, 11) is 0. The van der Waals surface area contributed by atoms with E-state index in [1.54, 1.807) is 0 Å². The second kappa shape index (κ2) is 4.51. The number of nitrogens with two attached hydrogens (primary N) is 1. The summed E-state index contributed by atoms with van der Waals surface area (Å²) in [6, 6.07) is 1.79. The lowest BCUT2D eigenvalue weighted by Gasteiger charge is -2.39. The van der Waals surface area contributed by atoms with Crippen molar-refractivity contribution in [2.45, 2.75) is 12.5 Å². The fourth-order valence-electron chi connectivity index (χ4n) is 3.01. The third-order valence-electron chi connectivity index (χ3n) is 4.11. The largest absolute Gasteiger partial charge is 0.411 e. The van der Waals surface area contributed by atoms with E-state index in [2.05, 4.69) is 4.98 Å². The van der Waals surface area contributed by atoms with Crippen LogP contribution in [0, 0.1) is 11.6 Å². The summed E-state index contributed by atoms with van der Waals surface area (Å²) in [5.74, 6) is -2.97. The van der Waals surface area contributed by atoms with Crippen molar-refractivity contribution in [3.8, 4) is 11.6 Å². The van der Waals surface area contributed by atoms with E-state index < -0.39 is 29.7 Å². The summed E-state index contributed by atoms with van der Waals surface area (Å²) in [6.07, 6.45) is 0.835. The highest BCUT2D eigenvalue weighted by molar-refractivity contribution is 5.99. The van der Waals surface area contributed by atoms with Gasteiger partial charge in [0.2, 0.25) is 5.88 Å². The molecule has 2 N–H and O–H groups in total. The maximum Gasteiger partial charge on any atom is 0.411 e. The minimum absolute atomic E-state index is 0.0439. The maximum absolute atomic E-state index is 14.2. The maximum atomic E-state index is 14.2. The summed E-state index contributed by atoms with van der Waals surface area (Å²) < 4.78 is 34.0. The number of amides is 2. The predicted octanol–water partition coefficient (Wildman–Crippen LogP) is 1.51. The monoisotopic (exact) mass is 320 g/mol. The zero-order valence-corrected chi connectivity index (χ0v) is 11.6. The van der Waals surface area contributed by atoms with Crippen LogP contribution in [0.2, 0.25) is 0 Å². The van der Waals surface area contributed by atoms with Crippen molar-refractivity contribution in [1.29, 1.82) is 0 Å². The van der Waals surface area contributed by atoms with Gasteiger partial charge >= 0.3 is 6.09 Å². The fraction of sp³-hybridized carbons (Fsp3) is 0.214. The number of carbonyl (C=O) groups is 2. The molecule has 0 unspecified atom stereocenters. The van der Waals surface area contributed by atoms with Gasteiger partial charge in [-0.05, 0) is 18.6 Å². The van der Waals surface area contributed by atoms with Gasteiger partial charge in [-0.2, -0.15) is 0 Å². The van der Waals surface area contributed by atoms with E-state index >= 15 is 0 Å². The first kappa shape index (κ1) is 13.7. The molecule has 2 aliphatic rings. The molecule has 4 rings (SSSR count). The molecule has 23 heavy (non-hydrogen) atoms. The molecule has 2 amide bonds. The number of halogens is 2. The summed E-state index contributed by atoms with van der Waals surface area (Å²) in [5.41, 5.74) is 5.21. The lowest BCUT2D eigenvalue weighted by atomic mass is 9.99. The topological polar surface area (TPSA) is 90.5 Å². The molecule has 1 fully saturated rings. The van der Waals surface area contributed by atoms with Gasteiger partial charge < -0.3 is 15.4 Å². The van der Waals surface area contributed by atoms with E-state index in [-0.39, 0.29) is 17.1 Å². The number of imidazole rings is 1. The first-order chi connectivity index (χ1) is 11.0. The van der Waals surface area contributed by atoms with E-state index in [4.69, 9.17) is 10.5 Å². The Hall–Kier alpha value is -2.97. The second-order valence-corrected chi connectivity index (χ2v) is 5.28. The third-order valence-corrected chi connectivity index (χ3v) is 4.11. The number of nitrogens with zero attached hydrogens (tertiary/aromatic N) is 3. The molecule has 118 valence electrons. The summed E-state index contributed by atoms with van der Waals surface area (Å²) in [6.45, 7) is 0.389. The van der Waals surface area contributed by atoms with Crippen LogP contribution in [0.3, 0.4) is 0 Å². The Bertz CT molecular complexity index is 864. The molecule has 1 aromatic carbocycles. The van der Waals surface area contributed by atoms with Gasteiger partial charge in [0.15, 0.2) is 11.6 Å². The van der Waals surface area contributed by atoms with Crippen molar-refractivity contribution < 1.29 is 23.1 Å². The van der Waals surface area contributed by atoms with Crippen LogP contribution >= 0.6 is 0 Å². The van der Waals surface area contributed by atoms with Crippen LogP contribution in [0.4, 0.5) is 13.6 Å². The molecule has 3 heterocycles. The van der Waals surface area contributed by atoms with Crippen molar-refractivity contribution in [2.24, 2.45) is 5.73 Å². The Morgan fingerprint density at radius 2 is 2.17 bits per heavy atom. The molecule has 0 aliphatic carbocycles. The number of ether oxygens (including phenoxy) is 1. The zero-order chi connectivity index (χ0) is 16.3. The van der Waals surface area contributed by atoms with Crippen molar-refractivity contribution in [2.75, 3.05) is 6.54 Å². The normalized spacial score (nSPS) is 18.4. The van der Waals surface area contributed by atoms with Crippen molar-refractivity contribution >= 4 is 12.0 Å². The number of primary amides is 1. The highest BCUT2D eigenvalue weighted by Crippen LogP contribution is 2.43. The van der Waals surface area contributed by atoms with Gasteiger partial charge in [0, 0.05) is 6.54 Å². The van der Waals surface area contributed by atoms with E-state index in [0.29, 0.717) is 18.7 Å². The quantitative estimate of drug-likeness (QED) is 0.862. The third kappa shape index (κ3) is 1.76. The molecular weight excluding hydrogens is 310 g/mol. The van der Waals surface area contributed by atoms with Gasteiger partial charge in [0.05, 0.1) is 11.7 Å². The van der Waals surface area contributed by atoms with Gasteiger partial charge in [-0.15, -0.1) is 0 Å². The SMILES string of the molecule is NC(=O)Oc1ncn2c1[C@@H]1CCN1C(=O)c1c-2ccc(F)c1F. The highest BCUT2D eigenvalue weighted by atomic mass is 19.2. The molecule has 0 spiro atoms. The number of hydrogen-bond acceptors (Lipinski definition) is 4. The molecule has 2 aliphatic heterocycles. The Kier molecular flexibility index (Phi) is 2.68. The van der Waals surface area contributed by atoms with Crippen LogP contribution < -0.4 is 10.5 Å². The number of benzene rings is 1. The van der Waals surface area contributed by atoms with E-state index in [1.165, 1.54) is 21.9 Å². The lowest BCUT2D eigenvalue weighted by Crippen LogP contribution is -2.45. The molecule has 1 atom stereocenters. The second-order valence-electron chi connectivity index (χ2n) is 5.28. The standard InChI is InChI=1S/C14H10F2N4O3/c15-6-1-2-7-9(10(6)16)13(21)19-4-3-8(19)11-12(23-14(17)22)18-5-20(7)11/h1-2,5,8H,3-4H2,(H2,17,22)/t8-/m0/s1. The fourth-order valence-corrected chi connectivity index (χ4v) is 3.01. The molecule has 0 bridgehead atoms. The summed E-state index contributed by atoms with van der Waals surface area (Å²) >= 11 is 0. The average Bonchev–Trinajstić information content (AvgIpc) is 2.80.